The Morgan fingerprint density at radius 2 is 1.81 bits per heavy atom. The van der Waals surface area contributed by atoms with Crippen molar-refractivity contribution < 1.29 is 13.2 Å². The van der Waals surface area contributed by atoms with Crippen molar-refractivity contribution in [2.24, 2.45) is 0 Å². The van der Waals surface area contributed by atoms with Gasteiger partial charge in [0, 0.05) is 31.9 Å². The summed E-state index contributed by atoms with van der Waals surface area (Å²) in [6.45, 7) is 6.90. The molecule has 0 aromatic carbocycles. The molecule has 1 aliphatic rings. The summed E-state index contributed by atoms with van der Waals surface area (Å²) in [5.41, 5.74) is 2.18. The van der Waals surface area contributed by atoms with Crippen molar-refractivity contribution in [1.82, 2.24) is 14.2 Å². The van der Waals surface area contributed by atoms with Crippen LogP contribution in [0.4, 0.5) is 0 Å². The Kier molecular flexibility index (Phi) is 4.63. The molecule has 0 saturated carbocycles. The van der Waals surface area contributed by atoms with Crippen molar-refractivity contribution in [3.05, 3.63) is 29.1 Å². The van der Waals surface area contributed by atoms with E-state index in [-0.39, 0.29) is 11.7 Å². The fraction of sp³-hybridized carbons (Fsp3) is 0.571. The van der Waals surface area contributed by atoms with Gasteiger partial charge in [-0.2, -0.15) is 4.31 Å². The Labute approximate surface area is 125 Å². The maximum absolute atomic E-state index is 12.5. The van der Waals surface area contributed by atoms with Gasteiger partial charge in [-0.3, -0.25) is 9.78 Å². The molecule has 1 aromatic heterocycles. The predicted molar refractivity (Wildman–Crippen MR) is 80.6 cm³/mol. The molecule has 0 spiro atoms. The number of sulfonamides is 1. The summed E-state index contributed by atoms with van der Waals surface area (Å²) in [5, 5.41) is 0. The molecular weight excluding hydrogens is 290 g/mol. The second-order valence-corrected chi connectivity index (χ2v) is 7.43. The molecule has 0 atom stereocenters. The van der Waals surface area contributed by atoms with Gasteiger partial charge in [0.2, 0.25) is 10.0 Å². The maximum Gasteiger partial charge on any atom is 0.255 e. The zero-order valence-corrected chi connectivity index (χ0v) is 13.5. The van der Waals surface area contributed by atoms with E-state index in [1.807, 2.05) is 19.9 Å². The van der Waals surface area contributed by atoms with Crippen LogP contribution >= 0.6 is 0 Å². The summed E-state index contributed by atoms with van der Waals surface area (Å²) < 4.78 is 25.1. The van der Waals surface area contributed by atoms with Gasteiger partial charge in [0.25, 0.3) is 5.91 Å². The normalized spacial score (nSPS) is 17.0. The molecule has 116 valence electrons. The quantitative estimate of drug-likeness (QED) is 0.828. The van der Waals surface area contributed by atoms with E-state index in [1.54, 1.807) is 17.9 Å². The first-order chi connectivity index (χ1) is 9.85. The molecule has 1 aromatic rings. The number of hydrogen-bond donors (Lipinski definition) is 0. The number of rotatable bonds is 3. The van der Waals surface area contributed by atoms with E-state index in [0.29, 0.717) is 37.4 Å². The molecule has 0 N–H and O–H groups in total. The van der Waals surface area contributed by atoms with E-state index < -0.39 is 10.0 Å². The molecule has 2 heterocycles. The molecule has 0 radical (unpaired) electrons. The first kappa shape index (κ1) is 15.9. The highest BCUT2D eigenvalue weighted by Gasteiger charge is 2.28. The third kappa shape index (κ3) is 3.41. The lowest BCUT2D eigenvalue weighted by atomic mass is 10.1. The fourth-order valence-electron chi connectivity index (χ4n) is 2.43. The average molecular weight is 311 g/mol. The molecule has 1 fully saturated rings. The summed E-state index contributed by atoms with van der Waals surface area (Å²) in [4.78, 5) is 18.5. The van der Waals surface area contributed by atoms with E-state index in [9.17, 15) is 13.2 Å². The Morgan fingerprint density at radius 1 is 1.19 bits per heavy atom. The van der Waals surface area contributed by atoms with Gasteiger partial charge in [-0.05, 0) is 32.9 Å². The molecule has 1 amide bonds. The third-order valence-corrected chi connectivity index (χ3v) is 5.62. The molecule has 1 saturated heterocycles. The van der Waals surface area contributed by atoms with Crippen molar-refractivity contribution in [2.75, 3.05) is 31.9 Å². The molecule has 6 nitrogen and oxygen atoms in total. The van der Waals surface area contributed by atoms with E-state index in [4.69, 9.17) is 0 Å². The first-order valence-corrected chi connectivity index (χ1v) is 8.67. The Balaban J connectivity index is 2.07. The Bertz CT molecular complexity index is 635. The Hall–Kier alpha value is -1.47. The SMILES string of the molecule is CCS(=O)(=O)N1CCN(C(=O)c2ccc(C)nc2C)CC1. The summed E-state index contributed by atoms with van der Waals surface area (Å²) in [6.07, 6.45) is 0. The van der Waals surface area contributed by atoms with E-state index in [2.05, 4.69) is 4.98 Å². The molecule has 1 aliphatic heterocycles. The fourth-order valence-corrected chi connectivity index (χ4v) is 3.52. The third-order valence-electron chi connectivity index (χ3n) is 3.74. The van der Waals surface area contributed by atoms with Crippen molar-refractivity contribution in [1.29, 1.82) is 0 Å². The lowest BCUT2D eigenvalue weighted by molar-refractivity contribution is 0.0696. The number of aromatic nitrogens is 1. The summed E-state index contributed by atoms with van der Waals surface area (Å²) in [5.74, 6) is 0.0237. The predicted octanol–water partition coefficient (Wildman–Crippen LogP) is 0.806. The van der Waals surface area contributed by atoms with Crippen LogP contribution in [-0.2, 0) is 10.0 Å². The molecule has 2 rings (SSSR count). The first-order valence-electron chi connectivity index (χ1n) is 7.06. The van der Waals surface area contributed by atoms with Gasteiger partial charge in [-0.1, -0.05) is 0 Å². The van der Waals surface area contributed by atoms with Crippen LogP contribution in [0.5, 0.6) is 0 Å². The topological polar surface area (TPSA) is 70.6 Å². The monoisotopic (exact) mass is 311 g/mol. The lowest BCUT2D eigenvalue weighted by Gasteiger charge is -2.34. The number of carbonyl (C=O) groups is 1. The number of hydrogen-bond acceptors (Lipinski definition) is 4. The molecule has 0 bridgehead atoms. The van der Waals surface area contributed by atoms with Crippen LogP contribution in [0.2, 0.25) is 0 Å². The van der Waals surface area contributed by atoms with Gasteiger partial charge in [0.05, 0.1) is 17.0 Å². The molecule has 0 unspecified atom stereocenters. The second kappa shape index (κ2) is 6.11. The smallest absolute Gasteiger partial charge is 0.255 e. The van der Waals surface area contributed by atoms with Gasteiger partial charge in [-0.25, -0.2) is 8.42 Å². The molecule has 7 heteroatoms. The largest absolute Gasteiger partial charge is 0.336 e. The van der Waals surface area contributed by atoms with Gasteiger partial charge >= 0.3 is 0 Å². The van der Waals surface area contributed by atoms with Crippen molar-refractivity contribution in [2.45, 2.75) is 20.8 Å². The maximum atomic E-state index is 12.5. The highest BCUT2D eigenvalue weighted by atomic mass is 32.2. The summed E-state index contributed by atoms with van der Waals surface area (Å²) in [6, 6.07) is 3.60. The van der Waals surface area contributed by atoms with E-state index in [0.717, 1.165) is 5.69 Å². The van der Waals surface area contributed by atoms with Crippen LogP contribution in [-0.4, -0.2) is 60.4 Å². The zero-order valence-electron chi connectivity index (χ0n) is 12.7. The van der Waals surface area contributed by atoms with Crippen molar-refractivity contribution >= 4 is 15.9 Å². The van der Waals surface area contributed by atoms with Crippen LogP contribution in [0.15, 0.2) is 12.1 Å². The van der Waals surface area contributed by atoms with E-state index in [1.165, 1.54) is 4.31 Å². The minimum Gasteiger partial charge on any atom is -0.336 e. The Morgan fingerprint density at radius 3 is 2.33 bits per heavy atom. The van der Waals surface area contributed by atoms with E-state index >= 15 is 0 Å². The van der Waals surface area contributed by atoms with Crippen molar-refractivity contribution in [3.63, 3.8) is 0 Å². The standard InChI is InChI=1S/C14H21N3O3S/c1-4-21(19,20)17-9-7-16(8-10-17)14(18)13-6-5-11(2)15-12(13)3/h5-6H,4,7-10H2,1-3H3. The number of pyridine rings is 1. The van der Waals surface area contributed by atoms with Crippen molar-refractivity contribution in [3.8, 4) is 0 Å². The van der Waals surface area contributed by atoms with Gasteiger partial charge in [-0.15, -0.1) is 0 Å². The number of piperazine rings is 1. The van der Waals surface area contributed by atoms with Gasteiger partial charge < -0.3 is 4.90 Å². The van der Waals surface area contributed by atoms with Crippen LogP contribution in [0.3, 0.4) is 0 Å². The second-order valence-electron chi connectivity index (χ2n) is 5.18. The number of amides is 1. The van der Waals surface area contributed by atoms with Crippen LogP contribution in [0.1, 0.15) is 28.7 Å². The average Bonchev–Trinajstić information content (AvgIpc) is 2.47. The molecule has 21 heavy (non-hydrogen) atoms. The van der Waals surface area contributed by atoms with Crippen LogP contribution < -0.4 is 0 Å². The number of nitrogens with zero attached hydrogens (tertiary/aromatic N) is 3. The lowest BCUT2D eigenvalue weighted by Crippen LogP contribution is -2.51. The summed E-state index contributed by atoms with van der Waals surface area (Å²) >= 11 is 0. The number of aryl methyl sites for hydroxylation is 2. The van der Waals surface area contributed by atoms with Crippen LogP contribution in [0.25, 0.3) is 0 Å². The molecular formula is C14H21N3O3S. The minimum atomic E-state index is -3.17. The van der Waals surface area contributed by atoms with Gasteiger partial charge in [0.1, 0.15) is 0 Å². The van der Waals surface area contributed by atoms with Gasteiger partial charge in [0.15, 0.2) is 0 Å². The highest BCUT2D eigenvalue weighted by Crippen LogP contribution is 2.14. The van der Waals surface area contributed by atoms with Crippen LogP contribution in [0, 0.1) is 13.8 Å². The zero-order chi connectivity index (χ0) is 15.6. The highest BCUT2D eigenvalue weighted by molar-refractivity contribution is 7.89. The molecule has 0 aliphatic carbocycles. The number of carbonyl (C=O) groups excluding carboxylic acids is 1. The summed E-state index contributed by atoms with van der Waals surface area (Å²) in [7, 11) is -3.17. The minimum absolute atomic E-state index is 0.0754.